The molecule has 0 atom stereocenters. The van der Waals surface area contributed by atoms with Crippen molar-refractivity contribution in [2.75, 3.05) is 26.2 Å². The number of nitrogens with zero attached hydrogens (tertiary/aromatic N) is 2. The van der Waals surface area contributed by atoms with Crippen LogP contribution in [0.2, 0.25) is 0 Å². The smallest absolute Gasteiger partial charge is 0.289 e. The maximum atomic E-state index is 13.0. The van der Waals surface area contributed by atoms with Crippen LogP contribution in [0.4, 0.5) is 0 Å². The molecule has 0 N–H and O–H groups in total. The molecule has 6 nitrogen and oxygen atoms in total. The highest BCUT2D eigenvalue weighted by Gasteiger charge is 2.30. The van der Waals surface area contributed by atoms with E-state index in [-0.39, 0.29) is 10.8 Å². The molecule has 0 radical (unpaired) electrons. The minimum atomic E-state index is -3.52. The number of likely N-dealkylation sites (tertiary alicyclic amines) is 1. The SMILES string of the molecule is Cc1c(C(=O)N2CCCC2)oc2ccc(S(=O)(=O)N3CCC(C)CC3)cc12. The molecule has 2 aromatic rings. The van der Waals surface area contributed by atoms with Gasteiger partial charge in [-0.1, -0.05) is 6.92 Å². The van der Waals surface area contributed by atoms with E-state index in [0.717, 1.165) is 38.8 Å². The van der Waals surface area contributed by atoms with Crippen molar-refractivity contribution < 1.29 is 17.6 Å². The third-order valence-electron chi connectivity index (χ3n) is 5.88. The van der Waals surface area contributed by atoms with E-state index in [1.165, 1.54) is 0 Å². The maximum Gasteiger partial charge on any atom is 0.289 e. The largest absolute Gasteiger partial charge is 0.451 e. The Balaban J connectivity index is 1.68. The summed E-state index contributed by atoms with van der Waals surface area (Å²) in [6.45, 7) is 6.61. The fourth-order valence-corrected chi connectivity index (χ4v) is 5.50. The van der Waals surface area contributed by atoms with E-state index in [4.69, 9.17) is 4.42 Å². The molecule has 1 aromatic carbocycles. The van der Waals surface area contributed by atoms with E-state index in [2.05, 4.69) is 6.92 Å². The van der Waals surface area contributed by atoms with E-state index in [9.17, 15) is 13.2 Å². The predicted octanol–water partition coefficient (Wildman–Crippen LogP) is 3.40. The van der Waals surface area contributed by atoms with Gasteiger partial charge in [0.1, 0.15) is 5.58 Å². The number of carbonyl (C=O) groups excluding carboxylic acids is 1. The van der Waals surface area contributed by atoms with E-state index >= 15 is 0 Å². The highest BCUT2D eigenvalue weighted by molar-refractivity contribution is 7.89. The number of amides is 1. The molecule has 3 heterocycles. The van der Waals surface area contributed by atoms with Gasteiger partial charge in [0.2, 0.25) is 10.0 Å². The van der Waals surface area contributed by atoms with Gasteiger partial charge >= 0.3 is 0 Å². The number of piperidine rings is 1. The first-order valence-electron chi connectivity index (χ1n) is 9.70. The molecule has 0 aliphatic carbocycles. The number of furan rings is 1. The molecular weight excluding hydrogens is 364 g/mol. The predicted molar refractivity (Wildman–Crippen MR) is 103 cm³/mol. The summed E-state index contributed by atoms with van der Waals surface area (Å²) in [6.07, 6.45) is 3.81. The van der Waals surface area contributed by atoms with Crippen LogP contribution in [-0.4, -0.2) is 49.7 Å². The average molecular weight is 391 g/mol. The van der Waals surface area contributed by atoms with Crippen molar-refractivity contribution in [1.29, 1.82) is 0 Å². The normalized spacial score (nSPS) is 19.9. The number of benzene rings is 1. The summed E-state index contributed by atoms with van der Waals surface area (Å²) in [4.78, 5) is 14.8. The van der Waals surface area contributed by atoms with Crippen LogP contribution in [0.3, 0.4) is 0 Å². The highest BCUT2D eigenvalue weighted by Crippen LogP contribution is 2.31. The van der Waals surface area contributed by atoms with Gasteiger partial charge in [0, 0.05) is 37.1 Å². The maximum absolute atomic E-state index is 13.0. The second kappa shape index (κ2) is 6.95. The van der Waals surface area contributed by atoms with Crippen LogP contribution in [0.5, 0.6) is 0 Å². The third-order valence-corrected chi connectivity index (χ3v) is 7.77. The molecule has 7 heteroatoms. The molecular formula is C20H26N2O4S. The van der Waals surface area contributed by atoms with E-state index in [1.807, 2.05) is 6.92 Å². The number of sulfonamides is 1. The number of hydrogen-bond acceptors (Lipinski definition) is 4. The summed E-state index contributed by atoms with van der Waals surface area (Å²) in [5.74, 6) is 0.790. The van der Waals surface area contributed by atoms with Crippen molar-refractivity contribution >= 4 is 26.9 Å². The molecule has 146 valence electrons. The lowest BCUT2D eigenvalue weighted by molar-refractivity contribution is 0.0762. The second-order valence-electron chi connectivity index (χ2n) is 7.80. The van der Waals surface area contributed by atoms with Gasteiger partial charge in [-0.2, -0.15) is 4.31 Å². The molecule has 0 bridgehead atoms. The lowest BCUT2D eigenvalue weighted by atomic mass is 10.0. The van der Waals surface area contributed by atoms with Gasteiger partial charge in [-0.15, -0.1) is 0 Å². The monoisotopic (exact) mass is 390 g/mol. The van der Waals surface area contributed by atoms with Crippen molar-refractivity contribution in [1.82, 2.24) is 9.21 Å². The topological polar surface area (TPSA) is 70.8 Å². The molecule has 0 spiro atoms. The summed E-state index contributed by atoms with van der Waals surface area (Å²) in [7, 11) is -3.52. The van der Waals surface area contributed by atoms with Crippen LogP contribution in [-0.2, 0) is 10.0 Å². The number of rotatable bonds is 3. The molecule has 2 fully saturated rings. The lowest BCUT2D eigenvalue weighted by Gasteiger charge is -2.29. The Kier molecular flexibility index (Phi) is 4.76. The molecule has 2 saturated heterocycles. The number of fused-ring (bicyclic) bond motifs is 1. The number of hydrogen-bond donors (Lipinski definition) is 0. The molecule has 1 aromatic heterocycles. The summed E-state index contributed by atoms with van der Waals surface area (Å²) < 4.78 is 33.4. The minimum absolute atomic E-state index is 0.101. The average Bonchev–Trinajstić information content (AvgIpc) is 3.30. The van der Waals surface area contributed by atoms with Gasteiger partial charge in [-0.05, 0) is 56.7 Å². The summed E-state index contributed by atoms with van der Waals surface area (Å²) in [5.41, 5.74) is 1.27. The van der Waals surface area contributed by atoms with Gasteiger partial charge < -0.3 is 9.32 Å². The van der Waals surface area contributed by atoms with Crippen molar-refractivity contribution in [3.8, 4) is 0 Å². The van der Waals surface area contributed by atoms with Crippen LogP contribution in [0.1, 0.15) is 48.7 Å². The summed E-state index contributed by atoms with van der Waals surface area (Å²) in [5, 5.41) is 0.698. The van der Waals surface area contributed by atoms with Crippen molar-refractivity contribution in [2.24, 2.45) is 5.92 Å². The van der Waals surface area contributed by atoms with Crippen LogP contribution >= 0.6 is 0 Å². The molecule has 27 heavy (non-hydrogen) atoms. The third kappa shape index (κ3) is 3.27. The Bertz CT molecular complexity index is 965. The summed E-state index contributed by atoms with van der Waals surface area (Å²) >= 11 is 0. The Hall–Kier alpha value is -1.86. The van der Waals surface area contributed by atoms with Gasteiger partial charge in [0.15, 0.2) is 5.76 Å². The zero-order valence-electron chi connectivity index (χ0n) is 15.9. The van der Waals surface area contributed by atoms with Crippen molar-refractivity contribution in [2.45, 2.75) is 44.4 Å². The Labute approximate surface area is 160 Å². The molecule has 0 unspecified atom stereocenters. The highest BCUT2D eigenvalue weighted by atomic mass is 32.2. The fraction of sp³-hybridized carbons (Fsp3) is 0.550. The Morgan fingerprint density at radius 2 is 1.78 bits per heavy atom. The molecule has 0 saturated carbocycles. The van der Waals surface area contributed by atoms with Crippen LogP contribution in [0, 0.1) is 12.8 Å². The standard InChI is InChI=1S/C20H26N2O4S/c1-14-7-11-22(12-8-14)27(24,25)16-5-6-18-17(13-16)15(2)19(26-18)20(23)21-9-3-4-10-21/h5-6,13-14H,3-4,7-12H2,1-2H3. The first kappa shape index (κ1) is 18.5. The fourth-order valence-electron chi connectivity index (χ4n) is 4.00. The van der Waals surface area contributed by atoms with Gasteiger partial charge in [0.25, 0.3) is 5.91 Å². The van der Waals surface area contributed by atoms with E-state index in [0.29, 0.717) is 41.3 Å². The first-order chi connectivity index (χ1) is 12.9. The van der Waals surface area contributed by atoms with Gasteiger partial charge in [-0.25, -0.2) is 8.42 Å². The molecule has 2 aliphatic heterocycles. The molecule has 4 rings (SSSR count). The number of carbonyl (C=O) groups is 1. The summed E-state index contributed by atoms with van der Waals surface area (Å²) in [6, 6.07) is 4.91. The lowest BCUT2D eigenvalue weighted by Crippen LogP contribution is -2.37. The number of aryl methyl sites for hydroxylation is 1. The molecule has 1 amide bonds. The van der Waals surface area contributed by atoms with Crippen molar-refractivity contribution in [3.05, 3.63) is 29.5 Å². The van der Waals surface area contributed by atoms with Crippen LogP contribution in [0.25, 0.3) is 11.0 Å². The Morgan fingerprint density at radius 3 is 2.44 bits per heavy atom. The second-order valence-corrected chi connectivity index (χ2v) is 9.74. The zero-order valence-corrected chi connectivity index (χ0v) is 16.7. The van der Waals surface area contributed by atoms with Gasteiger partial charge in [-0.3, -0.25) is 4.79 Å². The van der Waals surface area contributed by atoms with Crippen LogP contribution < -0.4 is 0 Å². The zero-order chi connectivity index (χ0) is 19.2. The molecule has 2 aliphatic rings. The van der Waals surface area contributed by atoms with E-state index in [1.54, 1.807) is 27.4 Å². The van der Waals surface area contributed by atoms with E-state index < -0.39 is 10.0 Å². The van der Waals surface area contributed by atoms with Crippen LogP contribution in [0.15, 0.2) is 27.5 Å². The Morgan fingerprint density at radius 1 is 1.11 bits per heavy atom. The quantitative estimate of drug-likeness (QED) is 0.805. The minimum Gasteiger partial charge on any atom is -0.451 e. The van der Waals surface area contributed by atoms with Gasteiger partial charge in [0.05, 0.1) is 4.90 Å². The first-order valence-corrected chi connectivity index (χ1v) is 11.1. The van der Waals surface area contributed by atoms with Crippen molar-refractivity contribution in [3.63, 3.8) is 0 Å².